The van der Waals surface area contributed by atoms with Crippen molar-refractivity contribution in [2.45, 2.75) is 44.7 Å². The quantitative estimate of drug-likeness (QED) is 0.0957. The van der Waals surface area contributed by atoms with Gasteiger partial charge in [0.2, 0.25) is 18.3 Å². The maximum Gasteiger partial charge on any atom is 0.411 e. The van der Waals surface area contributed by atoms with E-state index in [9.17, 15) is 19.6 Å². The lowest BCUT2D eigenvalue weighted by Crippen LogP contribution is -2.34. The van der Waals surface area contributed by atoms with Crippen LogP contribution in [-0.2, 0) is 19.1 Å². The summed E-state index contributed by atoms with van der Waals surface area (Å²) < 4.78 is 12.5. The molecule has 0 saturated heterocycles. The van der Waals surface area contributed by atoms with Gasteiger partial charge in [-0.1, -0.05) is 30.5 Å². The van der Waals surface area contributed by atoms with Crippen LogP contribution >= 0.6 is 11.6 Å². The molecule has 1 aliphatic heterocycles. The van der Waals surface area contributed by atoms with Crippen LogP contribution in [0.1, 0.15) is 49.8 Å². The molecular formula is C32H34ClN8O6+. The van der Waals surface area contributed by atoms with Crippen LogP contribution in [0.25, 0.3) is 22.9 Å². The molecule has 2 bridgehead atoms. The Kier molecular flexibility index (Phi) is 10.6. The van der Waals surface area contributed by atoms with E-state index in [0.717, 1.165) is 4.73 Å². The summed E-state index contributed by atoms with van der Waals surface area (Å²) in [4.78, 5) is 38.2. The van der Waals surface area contributed by atoms with Crippen molar-refractivity contribution in [1.29, 1.82) is 0 Å². The smallest absolute Gasteiger partial charge is 0.411 e. The minimum atomic E-state index is -0.686. The van der Waals surface area contributed by atoms with Gasteiger partial charge in [0, 0.05) is 43.9 Å². The second-order valence-electron chi connectivity index (χ2n) is 10.7. The summed E-state index contributed by atoms with van der Waals surface area (Å²) >= 11 is 6.23. The van der Waals surface area contributed by atoms with Gasteiger partial charge in [-0.3, -0.25) is 15.3 Å². The van der Waals surface area contributed by atoms with E-state index in [0.29, 0.717) is 70.0 Å². The number of nitrogens with zero attached hydrogens (tertiary/aromatic N) is 5. The minimum absolute atomic E-state index is 0.217. The van der Waals surface area contributed by atoms with Gasteiger partial charge in [0.05, 0.1) is 31.0 Å². The second-order valence-corrected chi connectivity index (χ2v) is 11.1. The van der Waals surface area contributed by atoms with Crippen LogP contribution in [0, 0.1) is 0 Å². The van der Waals surface area contributed by atoms with Crippen molar-refractivity contribution in [3.63, 3.8) is 0 Å². The molecule has 0 aliphatic carbocycles. The van der Waals surface area contributed by atoms with Crippen LogP contribution in [0.3, 0.4) is 0 Å². The normalized spacial score (nSPS) is 16.1. The number of carbonyl (C=O) groups is 3. The molecule has 4 aromatic rings. The first-order valence-corrected chi connectivity index (χ1v) is 15.3. The molecule has 14 nitrogen and oxygen atoms in total. The summed E-state index contributed by atoms with van der Waals surface area (Å²) in [5.41, 5.74) is 4.12. The van der Waals surface area contributed by atoms with E-state index in [1.807, 2.05) is 6.07 Å². The Hall–Kier alpha value is -5.50. The second kappa shape index (κ2) is 15.2. The number of amides is 2. The number of tetrazole rings is 1. The SMILES string of the molecule is CCOC(=O)[C@H]1CCCC[C@H](NC(=O)/C=C/c2cc(Cl)ccc2-n2cnnn2)c2cc(c[n+](O)c2)-c2ccc(NC(=O)OC)cc2N1. The van der Waals surface area contributed by atoms with Gasteiger partial charge in [-0.05, 0) is 72.7 Å². The summed E-state index contributed by atoms with van der Waals surface area (Å²) in [6.45, 7) is 1.96. The molecule has 0 fully saturated rings. The third-order valence-electron chi connectivity index (χ3n) is 7.49. The highest BCUT2D eigenvalue weighted by molar-refractivity contribution is 6.30. The van der Waals surface area contributed by atoms with E-state index in [1.165, 1.54) is 30.4 Å². The molecule has 2 aromatic heterocycles. The van der Waals surface area contributed by atoms with E-state index in [2.05, 4.69) is 31.5 Å². The van der Waals surface area contributed by atoms with Crippen LogP contribution in [0.15, 0.2) is 67.3 Å². The van der Waals surface area contributed by atoms with Gasteiger partial charge in [-0.15, -0.1) is 5.10 Å². The fraction of sp³-hybridized carbons (Fsp3) is 0.281. The van der Waals surface area contributed by atoms with Crippen molar-refractivity contribution >= 4 is 47.0 Å². The number of carbonyl (C=O) groups excluding carboxylic acids is 3. The molecule has 0 radical (unpaired) electrons. The lowest BCUT2D eigenvalue weighted by molar-refractivity contribution is -0.904. The molecule has 2 atom stereocenters. The number of benzene rings is 2. The zero-order valence-corrected chi connectivity index (χ0v) is 26.5. The maximum atomic E-state index is 13.3. The van der Waals surface area contributed by atoms with E-state index in [-0.39, 0.29) is 12.5 Å². The molecule has 1 aliphatic rings. The Morgan fingerprint density at radius 2 is 1.98 bits per heavy atom. The van der Waals surface area contributed by atoms with Crippen LogP contribution in [0.2, 0.25) is 5.02 Å². The number of pyridine rings is 1. The highest BCUT2D eigenvalue weighted by Gasteiger charge is 2.25. The van der Waals surface area contributed by atoms with Crippen LogP contribution in [-0.4, -0.2) is 63.1 Å². The molecule has 0 spiro atoms. The van der Waals surface area contributed by atoms with E-state index >= 15 is 0 Å². The summed E-state index contributed by atoms with van der Waals surface area (Å²) in [6, 6.07) is 11.0. The van der Waals surface area contributed by atoms with Crippen molar-refractivity contribution < 1.29 is 33.8 Å². The van der Waals surface area contributed by atoms with Gasteiger partial charge >= 0.3 is 12.1 Å². The lowest BCUT2D eigenvalue weighted by Gasteiger charge is -2.23. The third kappa shape index (κ3) is 8.41. The Morgan fingerprint density at radius 1 is 1.15 bits per heavy atom. The zero-order valence-electron chi connectivity index (χ0n) is 25.7. The maximum absolute atomic E-state index is 13.3. The molecule has 0 unspecified atom stereocenters. The van der Waals surface area contributed by atoms with Gasteiger partial charge < -0.3 is 20.1 Å². The number of halogens is 1. The molecule has 2 aromatic carbocycles. The number of ether oxygens (including phenoxy) is 2. The van der Waals surface area contributed by atoms with E-state index in [1.54, 1.807) is 55.6 Å². The molecular weight excluding hydrogens is 628 g/mol. The van der Waals surface area contributed by atoms with Crippen molar-refractivity contribution in [2.75, 3.05) is 24.4 Å². The van der Waals surface area contributed by atoms with Crippen molar-refractivity contribution in [3.05, 3.63) is 83.4 Å². The Morgan fingerprint density at radius 3 is 2.74 bits per heavy atom. The first-order valence-electron chi connectivity index (χ1n) is 14.9. The molecule has 2 amide bonds. The Bertz CT molecular complexity index is 1780. The van der Waals surface area contributed by atoms with Crippen LogP contribution in [0.4, 0.5) is 16.2 Å². The van der Waals surface area contributed by atoms with Gasteiger partial charge in [0.15, 0.2) is 0 Å². The van der Waals surface area contributed by atoms with Gasteiger partial charge in [0.25, 0.3) is 0 Å². The van der Waals surface area contributed by atoms with E-state index < -0.39 is 24.1 Å². The first-order chi connectivity index (χ1) is 22.7. The minimum Gasteiger partial charge on any atom is -0.464 e. The summed E-state index contributed by atoms with van der Waals surface area (Å²) in [6.07, 6.45) is 9.14. The molecule has 0 saturated carbocycles. The first kappa shape index (κ1) is 32.9. The number of hydrogen-bond donors (Lipinski definition) is 4. The number of methoxy groups -OCH3 is 1. The summed E-state index contributed by atoms with van der Waals surface area (Å²) in [5.74, 6) is -0.783. The highest BCUT2D eigenvalue weighted by Crippen LogP contribution is 2.34. The number of rotatable bonds is 7. The van der Waals surface area contributed by atoms with Crippen molar-refractivity contribution in [1.82, 2.24) is 25.5 Å². The lowest BCUT2D eigenvalue weighted by atomic mass is 9.95. The topological polar surface area (TPSA) is 173 Å². The number of nitrogens with one attached hydrogen (secondary N) is 3. The van der Waals surface area contributed by atoms with Gasteiger partial charge in [0.1, 0.15) is 12.4 Å². The molecule has 47 heavy (non-hydrogen) atoms. The zero-order chi connectivity index (χ0) is 33.3. The number of esters is 1. The molecule has 3 heterocycles. The fourth-order valence-electron chi connectivity index (χ4n) is 5.31. The Balaban J connectivity index is 1.48. The predicted octanol–water partition coefficient (Wildman–Crippen LogP) is 4.47. The highest BCUT2D eigenvalue weighted by atomic mass is 35.5. The average Bonchev–Trinajstić information content (AvgIpc) is 3.59. The molecule has 4 N–H and O–H groups in total. The Labute approximate surface area is 275 Å². The molecule has 244 valence electrons. The van der Waals surface area contributed by atoms with Gasteiger partial charge in [-0.2, -0.15) is 4.68 Å². The van der Waals surface area contributed by atoms with E-state index in [4.69, 9.17) is 21.1 Å². The van der Waals surface area contributed by atoms with Crippen LogP contribution in [0.5, 0.6) is 0 Å². The third-order valence-corrected chi connectivity index (χ3v) is 7.73. The van der Waals surface area contributed by atoms with Crippen molar-refractivity contribution in [3.8, 4) is 16.8 Å². The number of fused-ring (bicyclic) bond motifs is 4. The number of aromatic nitrogens is 5. The summed E-state index contributed by atoms with van der Waals surface area (Å²) in [5, 5.41) is 31.5. The monoisotopic (exact) mass is 661 g/mol. The largest absolute Gasteiger partial charge is 0.464 e. The standard InChI is InChI=1S/C32H33ClN8O6/c1-3-47-31(43)27-7-5-4-6-26(37-30(42)13-8-20-15-23(33)9-12-29(20)41-19-34-38-39-41)22-14-21(17-40(45)18-22)25-11-10-24(16-28(25)36-27)35-32(44)46-2/h8-19,26-27,36H,3-7H2,1-2H3,(H2-,35,37,42,44,45)/p+1/b13-8+/t26-,27+/m0/s1. The molecule has 5 rings (SSSR count). The summed E-state index contributed by atoms with van der Waals surface area (Å²) in [7, 11) is 1.26. The molecule has 15 heteroatoms. The average molecular weight is 662 g/mol. The van der Waals surface area contributed by atoms with Gasteiger partial charge in [-0.25, -0.2) is 9.59 Å². The van der Waals surface area contributed by atoms with Crippen molar-refractivity contribution in [2.24, 2.45) is 0 Å². The fourth-order valence-corrected chi connectivity index (χ4v) is 5.49. The number of anilines is 2. The number of hydrogen-bond acceptors (Lipinski definition) is 10. The van der Waals surface area contributed by atoms with Crippen LogP contribution < -0.4 is 20.7 Å². The predicted molar refractivity (Wildman–Crippen MR) is 172 cm³/mol.